The number of hydrogen-bond acceptors (Lipinski definition) is 11. The number of fused-ring (bicyclic) bond motifs is 1. The number of carbonyl (C=O) groups is 3. The molecule has 0 aliphatic carbocycles. The monoisotopic (exact) mass is 529 g/mol. The Morgan fingerprint density at radius 2 is 2.15 bits per heavy atom. The summed E-state index contributed by atoms with van der Waals surface area (Å²) >= 11 is 3.94. The molecule has 173 valence electrons. The van der Waals surface area contributed by atoms with Gasteiger partial charge in [0.1, 0.15) is 29.9 Å². The van der Waals surface area contributed by atoms with Crippen molar-refractivity contribution in [2.75, 3.05) is 18.6 Å². The van der Waals surface area contributed by atoms with Gasteiger partial charge in [0.05, 0.1) is 11.2 Å². The number of nitrogens with two attached hydrogens (primary N) is 1. The second kappa shape index (κ2) is 11.0. The minimum absolute atomic E-state index is 0. The number of aromatic nitrogens is 2. The van der Waals surface area contributed by atoms with Crippen LogP contribution in [0, 0.1) is 6.92 Å². The number of allylic oxidation sites excluding steroid dienone is 1. The number of β-lactam (4-membered cyclic amide) rings is 1. The van der Waals surface area contributed by atoms with E-state index >= 15 is 0 Å². The van der Waals surface area contributed by atoms with Crippen LogP contribution in [0.1, 0.15) is 16.3 Å². The number of oxime groups is 1. The zero-order chi connectivity index (χ0) is 23.7. The summed E-state index contributed by atoms with van der Waals surface area (Å²) in [4.78, 5) is 52.7. The van der Waals surface area contributed by atoms with Gasteiger partial charge in [-0.3, -0.25) is 14.5 Å². The van der Waals surface area contributed by atoms with Gasteiger partial charge < -0.3 is 21.0 Å². The summed E-state index contributed by atoms with van der Waals surface area (Å²) in [7, 11) is 1.28. The Morgan fingerprint density at radius 3 is 2.74 bits per heavy atom. The summed E-state index contributed by atoms with van der Waals surface area (Å²) < 4.78 is 0. The summed E-state index contributed by atoms with van der Waals surface area (Å²) in [6.07, 6.45) is 3.49. The molecular weight excluding hydrogens is 511 g/mol. The minimum Gasteiger partial charge on any atom is -0.477 e. The zero-order valence-corrected chi connectivity index (χ0v) is 22.8. The van der Waals surface area contributed by atoms with Crippen LogP contribution in [0.5, 0.6) is 0 Å². The number of nitrogens with zero attached hydrogens (tertiary/aromatic N) is 4. The summed E-state index contributed by atoms with van der Waals surface area (Å²) in [6.45, 7) is 1.86. The summed E-state index contributed by atoms with van der Waals surface area (Å²) in [5, 5.41) is 17.4. The van der Waals surface area contributed by atoms with Crippen LogP contribution in [0.2, 0.25) is 0 Å². The van der Waals surface area contributed by atoms with E-state index < -0.39 is 29.2 Å². The molecule has 34 heavy (non-hydrogen) atoms. The molecule has 2 aromatic heterocycles. The van der Waals surface area contributed by atoms with Crippen molar-refractivity contribution in [2.24, 2.45) is 5.16 Å². The molecule has 2 aliphatic rings. The molecule has 4 rings (SSSR count). The van der Waals surface area contributed by atoms with Crippen molar-refractivity contribution in [3.8, 4) is 0 Å². The van der Waals surface area contributed by atoms with Gasteiger partial charge in [0.15, 0.2) is 10.8 Å². The predicted octanol–water partition coefficient (Wildman–Crippen LogP) is 0.912. The van der Waals surface area contributed by atoms with E-state index in [0.717, 1.165) is 21.9 Å². The van der Waals surface area contributed by atoms with Crippen molar-refractivity contribution in [1.29, 1.82) is 0 Å². The fourth-order valence-corrected chi connectivity index (χ4v) is 5.88. The fraction of sp³-hybridized carbons (Fsp3) is 0.263. The van der Waals surface area contributed by atoms with Crippen molar-refractivity contribution < 1.29 is 24.3 Å². The number of thiazole rings is 2. The maximum atomic E-state index is 12.9. The Kier molecular flexibility index (Phi) is 8.54. The second-order valence-corrected chi connectivity index (χ2v) is 9.75. The Labute approximate surface area is 228 Å². The van der Waals surface area contributed by atoms with E-state index in [-0.39, 0.29) is 51.8 Å². The average Bonchev–Trinajstić information content (AvgIpc) is 3.40. The van der Waals surface area contributed by atoms with Gasteiger partial charge >= 0.3 is 5.97 Å². The van der Waals surface area contributed by atoms with Crippen LogP contribution in [0.15, 0.2) is 33.4 Å². The molecule has 1 fully saturated rings. The topological polar surface area (TPSA) is 160 Å². The van der Waals surface area contributed by atoms with Crippen LogP contribution < -0.4 is 11.1 Å². The number of aliphatic carboxylic acids is 1. The third-order valence-corrected chi connectivity index (χ3v) is 7.74. The molecule has 0 spiro atoms. The number of nitrogen functional groups attached to an aromatic ring is 1. The Balaban J connectivity index is 0.00000324. The molecular formula is C19H18N6NaO5S3. The first kappa shape index (κ1) is 26.4. The largest absolute Gasteiger partial charge is 0.477 e. The summed E-state index contributed by atoms with van der Waals surface area (Å²) in [5.41, 5.74) is 8.68. The van der Waals surface area contributed by atoms with Crippen molar-refractivity contribution >= 4 is 98.7 Å². The number of nitrogens with one attached hydrogen (secondary N) is 1. The van der Waals surface area contributed by atoms with Gasteiger partial charge in [-0.15, -0.1) is 34.4 Å². The molecule has 2 amide bonds. The molecule has 2 aromatic rings. The second-order valence-electron chi connectivity index (χ2n) is 6.87. The van der Waals surface area contributed by atoms with E-state index in [1.165, 1.54) is 35.1 Å². The number of carboxylic acid groups (broad SMARTS) is 1. The van der Waals surface area contributed by atoms with E-state index in [1.807, 2.05) is 6.92 Å². The number of thioether (sulfide) groups is 1. The summed E-state index contributed by atoms with van der Waals surface area (Å²) in [5.74, 6) is -2.04. The molecule has 2 atom stereocenters. The molecule has 4 heterocycles. The molecule has 1 saturated heterocycles. The molecule has 1 radical (unpaired) electrons. The summed E-state index contributed by atoms with van der Waals surface area (Å²) in [6, 6.07) is -0.913. The molecule has 15 heteroatoms. The number of rotatable bonds is 7. The van der Waals surface area contributed by atoms with Gasteiger partial charge in [0.25, 0.3) is 11.8 Å². The maximum Gasteiger partial charge on any atom is 0.352 e. The van der Waals surface area contributed by atoms with Gasteiger partial charge in [-0.1, -0.05) is 11.2 Å². The van der Waals surface area contributed by atoms with E-state index in [2.05, 4.69) is 20.4 Å². The number of anilines is 1. The minimum atomic E-state index is -1.21. The van der Waals surface area contributed by atoms with Crippen LogP contribution in [-0.4, -0.2) is 97.3 Å². The molecule has 2 unspecified atom stereocenters. The van der Waals surface area contributed by atoms with Crippen molar-refractivity contribution in [3.63, 3.8) is 0 Å². The van der Waals surface area contributed by atoms with Crippen LogP contribution in [0.3, 0.4) is 0 Å². The van der Waals surface area contributed by atoms with Gasteiger partial charge in [0.2, 0.25) is 0 Å². The van der Waals surface area contributed by atoms with Gasteiger partial charge in [-0.2, -0.15) is 0 Å². The van der Waals surface area contributed by atoms with E-state index in [4.69, 9.17) is 10.6 Å². The van der Waals surface area contributed by atoms with Crippen molar-refractivity contribution in [2.45, 2.75) is 18.3 Å². The predicted molar refractivity (Wildman–Crippen MR) is 131 cm³/mol. The van der Waals surface area contributed by atoms with E-state index in [0.29, 0.717) is 11.3 Å². The molecule has 0 bridgehead atoms. The Hall–Kier alpha value is -2.23. The number of hydrogen-bond donors (Lipinski definition) is 3. The smallest absolute Gasteiger partial charge is 0.352 e. The first-order valence-electron chi connectivity index (χ1n) is 9.44. The quantitative estimate of drug-likeness (QED) is 0.205. The van der Waals surface area contributed by atoms with Crippen molar-refractivity contribution in [3.05, 3.63) is 44.5 Å². The Morgan fingerprint density at radius 1 is 1.38 bits per heavy atom. The first-order valence-corrected chi connectivity index (χ1v) is 12.2. The van der Waals surface area contributed by atoms with Crippen molar-refractivity contribution in [1.82, 2.24) is 20.2 Å². The zero-order valence-electron chi connectivity index (χ0n) is 18.3. The van der Waals surface area contributed by atoms with Crippen LogP contribution >= 0.6 is 34.4 Å². The van der Waals surface area contributed by atoms with Crippen LogP contribution in [-0.2, 0) is 19.2 Å². The third-order valence-electron chi connectivity index (χ3n) is 4.87. The molecule has 0 saturated carbocycles. The van der Waals surface area contributed by atoms with E-state index in [9.17, 15) is 19.5 Å². The standard InChI is InChI=1S/C19H18N6O5S3.Na/c1-8-11(33-7-21-8)4-3-9-5-31-17-13(16(27)25(17)14(9)18(28)29)23-15(26)12(24-30-2)10-6-32-19(20)22-10;/h3-4,6-7,13,17H,5H2,1-2H3,(H2,20,22)(H,23,26)(H,28,29);/b4-3+,24-12-;. The normalized spacial score (nSPS) is 20.0. The number of amides is 2. The van der Waals surface area contributed by atoms with Gasteiger partial charge in [-0.25, -0.2) is 14.8 Å². The van der Waals surface area contributed by atoms with Crippen LogP contribution in [0.25, 0.3) is 6.08 Å². The number of carbonyl (C=O) groups excluding carboxylic acids is 2. The van der Waals surface area contributed by atoms with Crippen LogP contribution in [0.4, 0.5) is 5.13 Å². The Bertz CT molecular complexity index is 1220. The molecule has 4 N–H and O–H groups in total. The number of carboxylic acids is 1. The van der Waals surface area contributed by atoms with Gasteiger partial charge in [-0.05, 0) is 18.6 Å². The maximum absolute atomic E-state index is 12.9. The average molecular weight is 530 g/mol. The third kappa shape index (κ3) is 5.06. The molecule has 0 aromatic carbocycles. The van der Waals surface area contributed by atoms with Gasteiger partial charge in [0, 0.05) is 45.6 Å². The first-order chi connectivity index (χ1) is 15.8. The SMILES string of the molecule is CO/N=C(\C(=O)NC1C(=O)N2C(C(=O)O)=C(/C=C/c3scnc3C)CSC12)c1csc(N)n1.[Na]. The fourth-order valence-electron chi connectivity index (χ4n) is 3.32. The molecule has 11 nitrogen and oxygen atoms in total. The van der Waals surface area contributed by atoms with E-state index in [1.54, 1.807) is 23.0 Å². The number of aryl methyl sites for hydroxylation is 1. The molecule has 2 aliphatic heterocycles.